The van der Waals surface area contributed by atoms with Crippen LogP contribution < -0.4 is 4.74 Å². The quantitative estimate of drug-likeness (QED) is 0.783. The van der Waals surface area contributed by atoms with Crippen molar-refractivity contribution >= 4 is 17.4 Å². The van der Waals surface area contributed by atoms with Crippen LogP contribution in [0.3, 0.4) is 0 Å². The zero-order valence-corrected chi connectivity index (χ0v) is 10.7. The molecule has 0 aliphatic carbocycles. The van der Waals surface area contributed by atoms with Crippen LogP contribution in [-0.4, -0.2) is 11.9 Å². The minimum absolute atomic E-state index is 0.0159. The molecule has 0 fully saturated rings. The van der Waals surface area contributed by atoms with Gasteiger partial charge in [0, 0.05) is 11.4 Å². The normalized spacial score (nSPS) is 16.8. The van der Waals surface area contributed by atoms with Crippen molar-refractivity contribution in [3.8, 4) is 5.75 Å². The van der Waals surface area contributed by atoms with Gasteiger partial charge in [-0.1, -0.05) is 29.8 Å². The monoisotopic (exact) mass is 276 g/mol. The molecule has 0 spiro atoms. The maximum atomic E-state index is 13.7. The zero-order valence-electron chi connectivity index (χ0n) is 9.90. The van der Waals surface area contributed by atoms with Crippen LogP contribution in [0.5, 0.6) is 5.75 Å². The van der Waals surface area contributed by atoms with E-state index in [0.717, 1.165) is 11.6 Å². The third-order valence-electron chi connectivity index (χ3n) is 3.14. The van der Waals surface area contributed by atoms with Gasteiger partial charge in [-0.2, -0.15) is 0 Å². The molecule has 2 aromatic carbocycles. The molecule has 0 amide bonds. The van der Waals surface area contributed by atoms with Crippen LogP contribution >= 0.6 is 11.6 Å². The first-order valence-electron chi connectivity index (χ1n) is 5.89. The molecule has 1 heterocycles. The van der Waals surface area contributed by atoms with Gasteiger partial charge in [-0.15, -0.1) is 0 Å². The lowest BCUT2D eigenvalue weighted by Gasteiger charge is -2.10. The fraction of sp³-hybridized carbons (Fsp3) is 0.133. The number of Topliss-reactive ketones (excluding diaryl/α,β-unsaturated/α-hetero) is 1. The second-order valence-electron chi connectivity index (χ2n) is 4.41. The highest BCUT2D eigenvalue weighted by Crippen LogP contribution is 2.30. The number of ether oxygens (including phenoxy) is 1. The number of benzene rings is 2. The number of halogens is 2. The summed E-state index contributed by atoms with van der Waals surface area (Å²) in [4.78, 5) is 12.2. The van der Waals surface area contributed by atoms with Gasteiger partial charge in [-0.3, -0.25) is 4.79 Å². The summed E-state index contributed by atoms with van der Waals surface area (Å²) < 4.78 is 19.3. The molecule has 96 valence electrons. The maximum Gasteiger partial charge on any atom is 0.206 e. The third-order valence-corrected chi connectivity index (χ3v) is 3.37. The largest absolute Gasteiger partial charge is 0.482 e. The second kappa shape index (κ2) is 4.67. The van der Waals surface area contributed by atoms with Gasteiger partial charge in [0.15, 0.2) is 6.10 Å². The van der Waals surface area contributed by atoms with Gasteiger partial charge in [0.05, 0.1) is 5.56 Å². The molecule has 1 atom stereocenters. The van der Waals surface area contributed by atoms with E-state index in [2.05, 4.69) is 0 Å². The summed E-state index contributed by atoms with van der Waals surface area (Å²) in [5.74, 6) is -0.280. The van der Waals surface area contributed by atoms with E-state index in [0.29, 0.717) is 12.2 Å². The summed E-state index contributed by atoms with van der Waals surface area (Å²) in [5.41, 5.74) is 0.984. The highest BCUT2D eigenvalue weighted by Gasteiger charge is 2.30. The smallest absolute Gasteiger partial charge is 0.206 e. The number of hydrogen-bond acceptors (Lipinski definition) is 2. The minimum atomic E-state index is -0.659. The fourth-order valence-corrected chi connectivity index (χ4v) is 2.35. The van der Waals surface area contributed by atoms with Crippen LogP contribution in [0.2, 0.25) is 5.02 Å². The average Bonchev–Trinajstić information content (AvgIpc) is 2.81. The Morgan fingerprint density at radius 2 is 2.05 bits per heavy atom. The summed E-state index contributed by atoms with van der Waals surface area (Å²) in [5, 5.41) is 0.268. The van der Waals surface area contributed by atoms with E-state index >= 15 is 0 Å². The van der Waals surface area contributed by atoms with E-state index in [-0.39, 0.29) is 16.4 Å². The molecular formula is C15H10ClFO2. The Hall–Kier alpha value is -1.87. The van der Waals surface area contributed by atoms with Crippen molar-refractivity contribution in [2.75, 3.05) is 0 Å². The van der Waals surface area contributed by atoms with Crippen molar-refractivity contribution in [2.24, 2.45) is 0 Å². The standard InChI is InChI=1S/C15H10ClFO2/c16-10-5-6-11(12(17)8-10)15(18)14-7-9-3-1-2-4-13(9)19-14/h1-6,8,14H,7H2. The van der Waals surface area contributed by atoms with Crippen molar-refractivity contribution < 1.29 is 13.9 Å². The van der Waals surface area contributed by atoms with E-state index in [1.807, 2.05) is 18.2 Å². The minimum Gasteiger partial charge on any atom is -0.482 e. The van der Waals surface area contributed by atoms with Gasteiger partial charge in [0.1, 0.15) is 11.6 Å². The van der Waals surface area contributed by atoms with Crippen molar-refractivity contribution in [3.05, 3.63) is 64.4 Å². The van der Waals surface area contributed by atoms with Crippen molar-refractivity contribution in [2.45, 2.75) is 12.5 Å². The molecule has 0 saturated heterocycles. The van der Waals surface area contributed by atoms with E-state index in [1.165, 1.54) is 12.1 Å². The van der Waals surface area contributed by atoms with Crippen LogP contribution in [-0.2, 0) is 6.42 Å². The Bertz CT molecular complexity index is 629. The Labute approximate surface area is 114 Å². The molecule has 3 rings (SSSR count). The van der Waals surface area contributed by atoms with Gasteiger partial charge in [0.25, 0.3) is 0 Å². The third kappa shape index (κ3) is 2.22. The number of carbonyl (C=O) groups is 1. The number of para-hydroxylation sites is 1. The second-order valence-corrected chi connectivity index (χ2v) is 4.84. The fourth-order valence-electron chi connectivity index (χ4n) is 2.19. The molecule has 4 heteroatoms. The van der Waals surface area contributed by atoms with E-state index in [9.17, 15) is 9.18 Å². The molecule has 1 aliphatic rings. The van der Waals surface area contributed by atoms with E-state index < -0.39 is 11.9 Å². The van der Waals surface area contributed by atoms with Crippen LogP contribution in [0, 0.1) is 5.82 Å². The van der Waals surface area contributed by atoms with Crippen molar-refractivity contribution in [3.63, 3.8) is 0 Å². The van der Waals surface area contributed by atoms with Gasteiger partial charge in [-0.05, 0) is 29.8 Å². The van der Waals surface area contributed by atoms with E-state index in [4.69, 9.17) is 16.3 Å². The Morgan fingerprint density at radius 1 is 1.26 bits per heavy atom. The summed E-state index contributed by atoms with van der Waals surface area (Å²) in [7, 11) is 0. The van der Waals surface area contributed by atoms with Crippen LogP contribution in [0.1, 0.15) is 15.9 Å². The number of fused-ring (bicyclic) bond motifs is 1. The van der Waals surface area contributed by atoms with Gasteiger partial charge < -0.3 is 4.74 Å². The number of ketones is 1. The SMILES string of the molecule is O=C(c1ccc(Cl)cc1F)C1Cc2ccccc2O1. The summed E-state index contributed by atoms with van der Waals surface area (Å²) in [6.07, 6.45) is -0.190. The first-order chi connectivity index (χ1) is 9.15. The Balaban J connectivity index is 1.87. The summed E-state index contributed by atoms with van der Waals surface area (Å²) in [6, 6.07) is 11.5. The number of hydrogen-bond donors (Lipinski definition) is 0. The van der Waals surface area contributed by atoms with Gasteiger partial charge in [0.2, 0.25) is 5.78 Å². The molecule has 1 unspecified atom stereocenters. The van der Waals surface area contributed by atoms with E-state index in [1.54, 1.807) is 6.07 Å². The molecular weight excluding hydrogens is 267 g/mol. The summed E-state index contributed by atoms with van der Waals surface area (Å²) >= 11 is 5.67. The van der Waals surface area contributed by atoms with Crippen LogP contribution in [0.4, 0.5) is 4.39 Å². The number of carbonyl (C=O) groups excluding carboxylic acids is 1. The molecule has 2 nitrogen and oxygen atoms in total. The zero-order chi connectivity index (χ0) is 13.4. The predicted molar refractivity (Wildman–Crippen MR) is 70.3 cm³/mol. The first kappa shape index (κ1) is 12.2. The molecule has 0 saturated carbocycles. The maximum absolute atomic E-state index is 13.7. The lowest BCUT2D eigenvalue weighted by molar-refractivity contribution is 0.0820. The average molecular weight is 277 g/mol. The molecule has 0 N–H and O–H groups in total. The van der Waals surface area contributed by atoms with Gasteiger partial charge in [-0.25, -0.2) is 4.39 Å². The van der Waals surface area contributed by atoms with Gasteiger partial charge >= 0.3 is 0 Å². The van der Waals surface area contributed by atoms with Crippen molar-refractivity contribution in [1.29, 1.82) is 0 Å². The van der Waals surface area contributed by atoms with Crippen LogP contribution in [0.15, 0.2) is 42.5 Å². The molecule has 19 heavy (non-hydrogen) atoms. The molecule has 1 aliphatic heterocycles. The summed E-state index contributed by atoms with van der Waals surface area (Å²) in [6.45, 7) is 0. The lowest BCUT2D eigenvalue weighted by Crippen LogP contribution is -2.26. The number of rotatable bonds is 2. The molecule has 0 radical (unpaired) electrons. The van der Waals surface area contributed by atoms with Crippen LogP contribution in [0.25, 0.3) is 0 Å². The molecule has 0 bridgehead atoms. The molecule has 2 aromatic rings. The molecule has 0 aromatic heterocycles. The predicted octanol–water partition coefficient (Wildman–Crippen LogP) is 3.67. The lowest BCUT2D eigenvalue weighted by atomic mass is 10.0. The Morgan fingerprint density at radius 3 is 2.79 bits per heavy atom. The topological polar surface area (TPSA) is 26.3 Å². The highest BCUT2D eigenvalue weighted by molar-refractivity contribution is 6.30. The van der Waals surface area contributed by atoms with Crippen molar-refractivity contribution in [1.82, 2.24) is 0 Å². The Kier molecular flexibility index (Phi) is 2.99. The highest BCUT2D eigenvalue weighted by atomic mass is 35.5. The first-order valence-corrected chi connectivity index (χ1v) is 6.27.